The molecule has 1 aromatic carbocycles. The van der Waals surface area contributed by atoms with E-state index in [0.29, 0.717) is 47.7 Å². The third kappa shape index (κ3) is 2.38. The topological polar surface area (TPSA) is 68.3 Å². The third-order valence-corrected chi connectivity index (χ3v) is 7.18. The maximum absolute atomic E-state index is 13.3. The second-order valence-electron chi connectivity index (χ2n) is 8.59. The number of carbonyl (C=O) groups is 2. The molecule has 7 heteroatoms. The third-order valence-electron chi connectivity index (χ3n) is 7.18. The quantitative estimate of drug-likeness (QED) is 0.776. The van der Waals surface area contributed by atoms with Crippen LogP contribution in [0.4, 0.5) is 0 Å². The number of hydrogen-bond donors (Lipinski definition) is 0. The van der Waals surface area contributed by atoms with E-state index in [1.54, 1.807) is 23.1 Å². The van der Waals surface area contributed by atoms with Crippen LogP contribution < -0.4 is 9.47 Å². The number of ether oxygens (including phenoxy) is 3. The van der Waals surface area contributed by atoms with E-state index in [4.69, 9.17) is 14.2 Å². The van der Waals surface area contributed by atoms with Crippen LogP contribution in [0.15, 0.2) is 18.2 Å². The summed E-state index contributed by atoms with van der Waals surface area (Å²) in [5, 5.41) is 0. The maximum atomic E-state index is 13.3. The van der Waals surface area contributed by atoms with E-state index < -0.39 is 0 Å². The molecular weight excluding hydrogens is 360 g/mol. The highest BCUT2D eigenvalue weighted by Crippen LogP contribution is 2.47. The van der Waals surface area contributed by atoms with Gasteiger partial charge in [0.25, 0.3) is 5.91 Å². The van der Waals surface area contributed by atoms with Gasteiger partial charge in [0.05, 0.1) is 12.2 Å². The summed E-state index contributed by atoms with van der Waals surface area (Å²) < 4.78 is 16.7. The Morgan fingerprint density at radius 2 is 1.71 bits per heavy atom. The zero-order valence-electron chi connectivity index (χ0n) is 15.7. The van der Waals surface area contributed by atoms with E-state index in [2.05, 4.69) is 0 Å². The number of hydrogen-bond acceptors (Lipinski definition) is 5. The monoisotopic (exact) mass is 384 g/mol. The summed E-state index contributed by atoms with van der Waals surface area (Å²) in [5.74, 6) is 2.24. The Labute approximate surface area is 163 Å². The van der Waals surface area contributed by atoms with Crippen LogP contribution in [0.25, 0.3) is 0 Å². The lowest BCUT2D eigenvalue weighted by atomic mass is 9.82. The van der Waals surface area contributed by atoms with Crippen molar-refractivity contribution < 1.29 is 23.8 Å². The summed E-state index contributed by atoms with van der Waals surface area (Å²) in [6.07, 6.45) is 4.54. The Balaban J connectivity index is 1.19. The van der Waals surface area contributed by atoms with E-state index >= 15 is 0 Å². The van der Waals surface area contributed by atoms with Crippen LogP contribution in [0.1, 0.15) is 36.0 Å². The second-order valence-corrected chi connectivity index (χ2v) is 8.59. The molecule has 0 radical (unpaired) electrons. The molecule has 0 saturated carbocycles. The molecule has 1 aromatic rings. The van der Waals surface area contributed by atoms with Crippen molar-refractivity contribution in [2.45, 2.75) is 43.9 Å². The minimum absolute atomic E-state index is 0.100. The molecule has 2 bridgehead atoms. The van der Waals surface area contributed by atoms with E-state index in [1.165, 1.54) is 0 Å². The first-order valence-corrected chi connectivity index (χ1v) is 10.3. The fourth-order valence-corrected chi connectivity index (χ4v) is 5.81. The van der Waals surface area contributed by atoms with Gasteiger partial charge in [-0.25, -0.2) is 0 Å². The van der Waals surface area contributed by atoms with Crippen LogP contribution in [0, 0.1) is 11.8 Å². The minimum atomic E-state index is -0.352. The highest BCUT2D eigenvalue weighted by atomic mass is 16.7. The molecule has 6 rings (SSSR count). The molecule has 4 saturated heterocycles. The molecule has 4 fully saturated rings. The molecule has 0 spiro atoms. The normalized spacial score (nSPS) is 34.9. The smallest absolute Gasteiger partial charge is 0.254 e. The average molecular weight is 384 g/mol. The Morgan fingerprint density at radius 1 is 0.964 bits per heavy atom. The standard InChI is InChI=1S/C21H24N2O5/c24-20(12-3-4-18-19(8-12)27-11-26-18)23-7-1-2-15(23)21(25)22-9-13-14(10-22)17-6-5-16(13)28-17/h3-4,8,13-17H,1-2,5-7,9-11H2. The number of benzene rings is 1. The number of amides is 2. The first-order chi connectivity index (χ1) is 13.7. The number of likely N-dealkylation sites (tertiary alicyclic amines) is 2. The van der Waals surface area contributed by atoms with E-state index in [0.717, 1.165) is 38.8 Å². The molecular formula is C21H24N2O5. The number of carbonyl (C=O) groups excluding carboxylic acids is 2. The summed E-state index contributed by atoms with van der Waals surface area (Å²) in [5.41, 5.74) is 0.550. The lowest BCUT2D eigenvalue weighted by Crippen LogP contribution is -2.47. The van der Waals surface area contributed by atoms with Crippen molar-refractivity contribution in [1.82, 2.24) is 9.80 Å². The summed E-state index contributed by atoms with van der Waals surface area (Å²) in [6.45, 7) is 2.37. The van der Waals surface area contributed by atoms with Crippen LogP contribution in [0.5, 0.6) is 11.5 Å². The summed E-state index contributed by atoms with van der Waals surface area (Å²) in [4.78, 5) is 30.2. The lowest BCUT2D eigenvalue weighted by Gasteiger charge is -2.28. The molecule has 5 aliphatic rings. The van der Waals surface area contributed by atoms with Crippen molar-refractivity contribution in [3.05, 3.63) is 23.8 Å². The molecule has 5 atom stereocenters. The zero-order valence-corrected chi connectivity index (χ0v) is 15.7. The van der Waals surface area contributed by atoms with Crippen LogP contribution in [0.2, 0.25) is 0 Å². The molecule has 2 amide bonds. The predicted molar refractivity (Wildman–Crippen MR) is 98.1 cm³/mol. The number of fused-ring (bicyclic) bond motifs is 6. The van der Waals surface area contributed by atoms with Gasteiger partial charge in [0.1, 0.15) is 6.04 Å². The minimum Gasteiger partial charge on any atom is -0.454 e. The van der Waals surface area contributed by atoms with Gasteiger partial charge in [-0.2, -0.15) is 0 Å². The van der Waals surface area contributed by atoms with Gasteiger partial charge in [-0.3, -0.25) is 9.59 Å². The van der Waals surface area contributed by atoms with Crippen LogP contribution in [-0.2, 0) is 9.53 Å². The Hall–Kier alpha value is -2.28. The molecule has 28 heavy (non-hydrogen) atoms. The molecule has 5 heterocycles. The van der Waals surface area contributed by atoms with Gasteiger partial charge in [-0.05, 0) is 43.9 Å². The summed E-state index contributed by atoms with van der Waals surface area (Å²) in [7, 11) is 0. The second kappa shape index (κ2) is 6.11. The molecule has 0 N–H and O–H groups in total. The van der Waals surface area contributed by atoms with Crippen LogP contribution >= 0.6 is 0 Å². The van der Waals surface area contributed by atoms with E-state index in [-0.39, 0.29) is 24.6 Å². The fraction of sp³-hybridized carbons (Fsp3) is 0.619. The zero-order chi connectivity index (χ0) is 18.8. The van der Waals surface area contributed by atoms with Gasteiger partial charge in [0.15, 0.2) is 11.5 Å². The van der Waals surface area contributed by atoms with Crippen molar-refractivity contribution in [3.8, 4) is 11.5 Å². The van der Waals surface area contributed by atoms with Gasteiger partial charge in [-0.15, -0.1) is 0 Å². The first kappa shape index (κ1) is 16.7. The SMILES string of the molecule is O=C(C1CCCN1C(=O)c1ccc2c(c1)OCO2)N1CC2C3CCC(O3)C2C1. The van der Waals surface area contributed by atoms with Gasteiger partial charge >= 0.3 is 0 Å². The largest absolute Gasteiger partial charge is 0.454 e. The van der Waals surface area contributed by atoms with Gasteiger partial charge in [0, 0.05) is 37.0 Å². The summed E-state index contributed by atoms with van der Waals surface area (Å²) in [6, 6.07) is 4.89. The van der Waals surface area contributed by atoms with Crippen LogP contribution in [0.3, 0.4) is 0 Å². The lowest BCUT2D eigenvalue weighted by molar-refractivity contribution is -0.135. The Morgan fingerprint density at radius 3 is 2.50 bits per heavy atom. The maximum Gasteiger partial charge on any atom is 0.254 e. The molecule has 0 aliphatic carbocycles. The number of rotatable bonds is 2. The summed E-state index contributed by atoms with van der Waals surface area (Å²) >= 11 is 0. The molecule has 7 nitrogen and oxygen atoms in total. The van der Waals surface area contributed by atoms with Crippen molar-refractivity contribution in [3.63, 3.8) is 0 Å². The average Bonchev–Trinajstić information content (AvgIpc) is 3.51. The highest BCUT2D eigenvalue weighted by Gasteiger charge is 2.54. The Kier molecular flexibility index (Phi) is 3.63. The van der Waals surface area contributed by atoms with Crippen molar-refractivity contribution in [2.75, 3.05) is 26.4 Å². The molecule has 5 aliphatic heterocycles. The number of nitrogens with zero attached hydrogens (tertiary/aromatic N) is 2. The van der Waals surface area contributed by atoms with Gasteiger partial charge in [-0.1, -0.05) is 0 Å². The van der Waals surface area contributed by atoms with Crippen LogP contribution in [-0.4, -0.2) is 66.3 Å². The van der Waals surface area contributed by atoms with E-state index in [1.807, 2.05) is 4.90 Å². The van der Waals surface area contributed by atoms with Crippen molar-refractivity contribution >= 4 is 11.8 Å². The molecule has 5 unspecified atom stereocenters. The highest BCUT2D eigenvalue weighted by molar-refractivity contribution is 5.98. The predicted octanol–water partition coefficient (Wildman–Crippen LogP) is 1.66. The van der Waals surface area contributed by atoms with Gasteiger partial charge < -0.3 is 24.0 Å². The first-order valence-electron chi connectivity index (χ1n) is 10.3. The van der Waals surface area contributed by atoms with E-state index in [9.17, 15) is 9.59 Å². The fourth-order valence-electron chi connectivity index (χ4n) is 5.81. The molecule has 148 valence electrons. The van der Waals surface area contributed by atoms with Crippen molar-refractivity contribution in [2.24, 2.45) is 11.8 Å². The van der Waals surface area contributed by atoms with Gasteiger partial charge in [0.2, 0.25) is 12.7 Å². The molecule has 0 aromatic heterocycles. The van der Waals surface area contributed by atoms with Crippen molar-refractivity contribution in [1.29, 1.82) is 0 Å². The Bertz CT molecular complexity index is 824.